The second-order valence-corrected chi connectivity index (χ2v) is 8.58. The van der Waals surface area contributed by atoms with E-state index in [9.17, 15) is 0 Å². The molecule has 0 amide bonds. The Balaban J connectivity index is 0.000000226. The van der Waals surface area contributed by atoms with E-state index in [0.717, 1.165) is 10.8 Å². The van der Waals surface area contributed by atoms with Gasteiger partial charge in [-0.25, -0.2) is 0 Å². The average Bonchev–Trinajstić information content (AvgIpc) is 3.16. The molecule has 0 aliphatic rings. The summed E-state index contributed by atoms with van der Waals surface area (Å²) in [5.41, 5.74) is 3.80. The molecule has 0 unspecified atom stereocenters. The van der Waals surface area contributed by atoms with Crippen LogP contribution in [0.5, 0.6) is 5.75 Å². The van der Waals surface area contributed by atoms with Crippen molar-refractivity contribution in [1.82, 2.24) is 9.78 Å². The Hall–Kier alpha value is -2.26. The molecule has 3 rings (SSSR count). The van der Waals surface area contributed by atoms with E-state index in [4.69, 9.17) is 16.3 Å². The highest BCUT2D eigenvalue weighted by atomic mass is 35.5. The quantitative estimate of drug-likeness (QED) is 0.423. The highest BCUT2D eigenvalue weighted by molar-refractivity contribution is 6.31. The third kappa shape index (κ3) is 8.62. The number of aromatic nitrogens is 2. The summed E-state index contributed by atoms with van der Waals surface area (Å²) in [6, 6.07) is 16.1. The van der Waals surface area contributed by atoms with Crippen LogP contribution in [0.15, 0.2) is 60.9 Å². The fourth-order valence-electron chi connectivity index (χ4n) is 2.82. The van der Waals surface area contributed by atoms with E-state index >= 15 is 0 Å². The van der Waals surface area contributed by atoms with Crippen LogP contribution in [0.2, 0.25) is 5.02 Å². The van der Waals surface area contributed by atoms with Gasteiger partial charge in [0.1, 0.15) is 5.75 Å². The average molecular weight is 429 g/mol. The minimum atomic E-state index is 0.522. The molecule has 0 radical (unpaired) electrons. The number of hydrogen-bond donors (Lipinski definition) is 0. The van der Waals surface area contributed by atoms with Gasteiger partial charge in [0, 0.05) is 18.3 Å². The Morgan fingerprint density at radius 1 is 0.800 bits per heavy atom. The van der Waals surface area contributed by atoms with Gasteiger partial charge in [0.25, 0.3) is 0 Å². The monoisotopic (exact) mass is 428 g/mol. The summed E-state index contributed by atoms with van der Waals surface area (Å²) in [7, 11) is 3.65. The van der Waals surface area contributed by atoms with Crippen LogP contribution in [0.25, 0.3) is 0 Å². The van der Waals surface area contributed by atoms with Crippen molar-refractivity contribution < 1.29 is 4.74 Å². The minimum Gasteiger partial charge on any atom is -0.496 e. The summed E-state index contributed by atoms with van der Waals surface area (Å²) in [5.74, 6) is 2.64. The molecule has 3 aromatic rings. The zero-order valence-corrected chi connectivity index (χ0v) is 20.4. The van der Waals surface area contributed by atoms with Crippen LogP contribution < -0.4 is 4.74 Å². The topological polar surface area (TPSA) is 27.1 Å². The highest BCUT2D eigenvalue weighted by Gasteiger charge is 2.04. The smallest absolute Gasteiger partial charge is 0.122 e. The van der Waals surface area contributed by atoms with Crippen LogP contribution in [0, 0.1) is 0 Å². The molecule has 0 bridgehead atoms. The zero-order chi connectivity index (χ0) is 22.7. The van der Waals surface area contributed by atoms with Gasteiger partial charge in [0.05, 0.1) is 13.3 Å². The first-order chi connectivity index (χ1) is 14.2. The molecule has 1 heterocycles. The van der Waals surface area contributed by atoms with E-state index in [1.807, 2.05) is 60.5 Å². The van der Waals surface area contributed by atoms with Crippen molar-refractivity contribution in [2.45, 2.75) is 59.3 Å². The van der Waals surface area contributed by atoms with E-state index in [-0.39, 0.29) is 0 Å². The Labute approximate surface area is 188 Å². The number of methoxy groups -OCH3 is 1. The second-order valence-electron chi connectivity index (χ2n) is 8.17. The predicted octanol–water partition coefficient (Wildman–Crippen LogP) is 7.83. The van der Waals surface area contributed by atoms with Crippen molar-refractivity contribution in [3.63, 3.8) is 0 Å². The molecular weight excluding hydrogens is 392 g/mol. The first-order valence-corrected chi connectivity index (χ1v) is 10.9. The van der Waals surface area contributed by atoms with E-state index in [1.165, 1.54) is 16.7 Å². The number of nitrogens with zero attached hydrogens (tertiary/aromatic N) is 2. The van der Waals surface area contributed by atoms with Crippen molar-refractivity contribution >= 4 is 11.6 Å². The number of benzene rings is 2. The molecule has 2 aromatic carbocycles. The van der Waals surface area contributed by atoms with Gasteiger partial charge in [-0.05, 0) is 46.6 Å². The molecule has 3 nitrogen and oxygen atoms in total. The second kappa shape index (κ2) is 13.1. The molecule has 0 N–H and O–H groups in total. The Bertz CT molecular complexity index is 869. The fraction of sp³-hybridized carbons (Fsp3) is 0.423. The van der Waals surface area contributed by atoms with Crippen molar-refractivity contribution in [3.8, 4) is 5.75 Å². The third-order valence-electron chi connectivity index (χ3n) is 4.68. The molecule has 30 heavy (non-hydrogen) atoms. The lowest BCUT2D eigenvalue weighted by Gasteiger charge is -2.10. The maximum absolute atomic E-state index is 5.92. The van der Waals surface area contributed by atoms with Gasteiger partial charge >= 0.3 is 0 Å². The lowest BCUT2D eigenvalue weighted by Crippen LogP contribution is -1.92. The lowest BCUT2D eigenvalue weighted by atomic mass is 10.0. The summed E-state index contributed by atoms with van der Waals surface area (Å²) in [6.07, 6.45) is 3.95. The lowest BCUT2D eigenvalue weighted by molar-refractivity contribution is 0.407. The molecule has 0 spiro atoms. The van der Waals surface area contributed by atoms with Gasteiger partial charge in [0.2, 0.25) is 0 Å². The van der Waals surface area contributed by atoms with Crippen LogP contribution >= 0.6 is 11.6 Å². The summed E-state index contributed by atoms with van der Waals surface area (Å²) >= 11 is 5.92. The van der Waals surface area contributed by atoms with Gasteiger partial charge < -0.3 is 4.74 Å². The van der Waals surface area contributed by atoms with Crippen LogP contribution in [0.4, 0.5) is 0 Å². The van der Waals surface area contributed by atoms with Crippen molar-refractivity contribution in [2.24, 2.45) is 7.05 Å². The first kappa shape index (κ1) is 25.8. The Kier molecular flexibility index (Phi) is 11.3. The Morgan fingerprint density at radius 3 is 1.67 bits per heavy atom. The van der Waals surface area contributed by atoms with Crippen LogP contribution in [0.3, 0.4) is 0 Å². The number of aryl methyl sites for hydroxylation is 1. The normalized spacial score (nSPS) is 10.4. The van der Waals surface area contributed by atoms with Crippen molar-refractivity contribution in [1.29, 1.82) is 0 Å². The standard InChI is InChI=1S/C10H14O.C9H11Cl.C7H12N2/c1-8(2)9-6-4-5-7-10(9)11-3;1-7(2)8-5-3-4-6-9(8)10;1-6(2)7-4-8-9(3)5-7/h4-8H,1-3H3;3-7H,1-2H3;4-6H,1-3H3. The first-order valence-electron chi connectivity index (χ1n) is 10.5. The molecular formula is C26H37ClN2O. The van der Waals surface area contributed by atoms with Gasteiger partial charge in [-0.2, -0.15) is 5.10 Å². The molecule has 0 saturated heterocycles. The number of ether oxygens (including phenoxy) is 1. The third-order valence-corrected chi connectivity index (χ3v) is 5.02. The van der Waals surface area contributed by atoms with Gasteiger partial charge in [-0.15, -0.1) is 0 Å². The molecule has 0 aliphatic carbocycles. The van der Waals surface area contributed by atoms with Crippen molar-refractivity contribution in [3.05, 3.63) is 82.6 Å². The van der Waals surface area contributed by atoms with Gasteiger partial charge in [-0.1, -0.05) is 89.5 Å². The summed E-state index contributed by atoms with van der Waals surface area (Å²) in [4.78, 5) is 0. The molecule has 0 saturated carbocycles. The maximum atomic E-state index is 5.92. The number of rotatable bonds is 4. The maximum Gasteiger partial charge on any atom is 0.122 e. The summed E-state index contributed by atoms with van der Waals surface area (Å²) in [5, 5.41) is 4.93. The number of halogens is 1. The number of hydrogen-bond acceptors (Lipinski definition) is 2. The van der Waals surface area contributed by atoms with Gasteiger partial charge in [0.15, 0.2) is 0 Å². The van der Waals surface area contributed by atoms with Crippen LogP contribution in [-0.2, 0) is 7.05 Å². The summed E-state index contributed by atoms with van der Waals surface area (Å²) in [6.45, 7) is 12.9. The molecule has 0 fully saturated rings. The van der Waals surface area contributed by atoms with E-state index < -0.39 is 0 Å². The Morgan fingerprint density at radius 2 is 1.33 bits per heavy atom. The van der Waals surface area contributed by atoms with E-state index in [0.29, 0.717) is 17.8 Å². The number of para-hydroxylation sites is 1. The summed E-state index contributed by atoms with van der Waals surface area (Å²) < 4.78 is 7.04. The van der Waals surface area contributed by atoms with E-state index in [2.05, 4.69) is 58.8 Å². The molecule has 164 valence electrons. The van der Waals surface area contributed by atoms with Crippen LogP contribution in [0.1, 0.15) is 76.0 Å². The van der Waals surface area contributed by atoms with E-state index in [1.54, 1.807) is 7.11 Å². The molecule has 1 aromatic heterocycles. The van der Waals surface area contributed by atoms with Gasteiger partial charge in [-0.3, -0.25) is 4.68 Å². The minimum absolute atomic E-state index is 0.522. The predicted molar refractivity (Wildman–Crippen MR) is 130 cm³/mol. The van der Waals surface area contributed by atoms with Crippen molar-refractivity contribution in [2.75, 3.05) is 7.11 Å². The SMILES string of the molecule is CC(C)c1ccccc1Cl.CC(C)c1cnn(C)c1.COc1ccccc1C(C)C. The molecule has 0 aliphatic heterocycles. The molecule has 4 heteroatoms. The largest absolute Gasteiger partial charge is 0.496 e. The van der Waals surface area contributed by atoms with Crippen LogP contribution in [-0.4, -0.2) is 16.9 Å². The fourth-order valence-corrected chi connectivity index (χ4v) is 3.18. The zero-order valence-electron chi connectivity index (χ0n) is 19.7. The molecule has 0 atom stereocenters. The highest BCUT2D eigenvalue weighted by Crippen LogP contribution is 2.25.